The molecule has 0 radical (unpaired) electrons. The van der Waals surface area contributed by atoms with Crippen LogP contribution in [0, 0.1) is 0 Å². The number of phenolic OH excluding ortho intramolecular Hbond substituents is 2. The predicted molar refractivity (Wildman–Crippen MR) is 118 cm³/mol. The second-order valence-electron chi connectivity index (χ2n) is 7.43. The largest absolute Gasteiger partial charge is 0.508 e. The van der Waals surface area contributed by atoms with E-state index < -0.39 is 49.3 Å². The quantitative estimate of drug-likeness (QED) is 0.287. The first-order chi connectivity index (χ1) is 16.2. The van der Waals surface area contributed by atoms with Crippen molar-refractivity contribution in [3.63, 3.8) is 0 Å². The van der Waals surface area contributed by atoms with Gasteiger partial charge in [-0.05, 0) is 47.5 Å². The van der Waals surface area contributed by atoms with Gasteiger partial charge in [0.2, 0.25) is 6.29 Å². The fourth-order valence-corrected chi connectivity index (χ4v) is 3.02. The monoisotopic (exact) mass is 472 g/mol. The maximum atomic E-state index is 12.1. The minimum Gasteiger partial charge on any atom is -0.508 e. The third kappa shape index (κ3) is 6.90. The Bertz CT molecular complexity index is 1030. The summed E-state index contributed by atoms with van der Waals surface area (Å²) in [6.07, 6.45) is -2.92. The Labute approximate surface area is 194 Å². The van der Waals surface area contributed by atoms with Crippen molar-refractivity contribution < 1.29 is 49.3 Å². The third-order valence-electron chi connectivity index (χ3n) is 4.90. The van der Waals surface area contributed by atoms with Crippen molar-refractivity contribution in [3.05, 3.63) is 71.8 Å². The summed E-state index contributed by atoms with van der Waals surface area (Å²) >= 11 is 0. The van der Waals surface area contributed by atoms with Crippen LogP contribution in [-0.2, 0) is 23.8 Å². The van der Waals surface area contributed by atoms with Gasteiger partial charge in [0.1, 0.15) is 42.5 Å². The number of ether oxygens (including phenoxy) is 3. The number of aliphatic hydroxyl groups excluding tert-OH is 3. The zero-order valence-corrected chi connectivity index (χ0v) is 17.8. The molecule has 1 aliphatic rings. The zero-order chi connectivity index (χ0) is 24.7. The van der Waals surface area contributed by atoms with Crippen molar-refractivity contribution in [2.75, 3.05) is 6.61 Å². The molecule has 1 aliphatic heterocycles. The highest BCUT2D eigenvalue weighted by molar-refractivity contribution is 5.87. The Morgan fingerprint density at radius 3 is 1.79 bits per heavy atom. The van der Waals surface area contributed by atoms with Gasteiger partial charge in [-0.25, -0.2) is 9.59 Å². The first-order valence-electron chi connectivity index (χ1n) is 10.2. The lowest BCUT2D eigenvalue weighted by Crippen LogP contribution is -2.59. The molecule has 0 amide bonds. The molecule has 1 fully saturated rings. The van der Waals surface area contributed by atoms with Crippen LogP contribution in [0.3, 0.4) is 0 Å². The molecule has 1 heterocycles. The minimum absolute atomic E-state index is 0.0635. The van der Waals surface area contributed by atoms with Crippen molar-refractivity contribution in [2.45, 2.75) is 30.7 Å². The number of hydrogen-bond acceptors (Lipinski definition) is 10. The van der Waals surface area contributed by atoms with Gasteiger partial charge in [-0.1, -0.05) is 24.3 Å². The number of carbonyl (C=O) groups excluding carboxylic acids is 2. The summed E-state index contributed by atoms with van der Waals surface area (Å²) in [6, 6.07) is 12.1. The van der Waals surface area contributed by atoms with Crippen LogP contribution in [0.15, 0.2) is 60.7 Å². The van der Waals surface area contributed by atoms with E-state index in [9.17, 15) is 35.1 Å². The summed E-state index contributed by atoms with van der Waals surface area (Å²) < 4.78 is 15.4. The van der Waals surface area contributed by atoms with Gasteiger partial charge < -0.3 is 39.7 Å². The van der Waals surface area contributed by atoms with Gasteiger partial charge >= 0.3 is 11.9 Å². The normalized spacial score (nSPS) is 24.9. The summed E-state index contributed by atoms with van der Waals surface area (Å²) in [4.78, 5) is 24.1. The number of aromatic hydroxyl groups is 2. The molecule has 180 valence electrons. The number of aliphatic hydroxyl groups is 3. The van der Waals surface area contributed by atoms with Crippen molar-refractivity contribution in [1.82, 2.24) is 0 Å². The van der Waals surface area contributed by atoms with Gasteiger partial charge in [-0.3, -0.25) is 0 Å². The van der Waals surface area contributed by atoms with Gasteiger partial charge in [-0.15, -0.1) is 0 Å². The SMILES string of the molecule is O=C(C=Cc1ccc(O)cc1)OCC1OC(OC(=O)C=Cc2ccc(O)cc2)C(O)C(O)C1O. The van der Waals surface area contributed by atoms with Gasteiger partial charge in [0.25, 0.3) is 0 Å². The maximum Gasteiger partial charge on any atom is 0.333 e. The first kappa shape index (κ1) is 24.9. The highest BCUT2D eigenvalue weighted by Crippen LogP contribution is 2.23. The molecule has 3 rings (SSSR count). The molecule has 5 atom stereocenters. The van der Waals surface area contributed by atoms with Crippen LogP contribution < -0.4 is 0 Å². The number of esters is 2. The molecular formula is C24H24O10. The van der Waals surface area contributed by atoms with E-state index in [-0.39, 0.29) is 11.5 Å². The first-order valence-corrected chi connectivity index (χ1v) is 10.2. The second kappa shape index (κ2) is 11.4. The molecule has 5 N–H and O–H groups in total. The minimum atomic E-state index is -1.73. The highest BCUT2D eigenvalue weighted by atomic mass is 16.7. The van der Waals surface area contributed by atoms with Crippen LogP contribution in [0.2, 0.25) is 0 Å². The van der Waals surface area contributed by atoms with Crippen LogP contribution in [0.5, 0.6) is 11.5 Å². The fraction of sp³-hybridized carbons (Fsp3) is 0.250. The van der Waals surface area contributed by atoms with E-state index in [0.29, 0.717) is 11.1 Å². The summed E-state index contributed by atoms with van der Waals surface area (Å²) in [5, 5.41) is 48.9. The van der Waals surface area contributed by atoms with Gasteiger partial charge in [-0.2, -0.15) is 0 Å². The Kier molecular flexibility index (Phi) is 8.39. The van der Waals surface area contributed by atoms with Gasteiger partial charge in [0.05, 0.1) is 0 Å². The summed E-state index contributed by atoms with van der Waals surface area (Å²) in [5.74, 6) is -1.52. The Hall–Kier alpha value is -3.70. The predicted octanol–water partition coefficient (Wildman–Crippen LogP) is 0.718. The molecule has 2 aromatic carbocycles. The average Bonchev–Trinajstić information content (AvgIpc) is 2.83. The number of hydrogen-bond donors (Lipinski definition) is 5. The Balaban J connectivity index is 1.54. The van der Waals surface area contributed by atoms with E-state index in [4.69, 9.17) is 14.2 Å². The lowest BCUT2D eigenvalue weighted by Gasteiger charge is -2.39. The molecule has 0 aromatic heterocycles. The smallest absolute Gasteiger partial charge is 0.333 e. The van der Waals surface area contributed by atoms with Crippen LogP contribution >= 0.6 is 0 Å². The fourth-order valence-electron chi connectivity index (χ4n) is 3.02. The lowest BCUT2D eigenvalue weighted by molar-refractivity contribution is -0.291. The van der Waals surface area contributed by atoms with Crippen LogP contribution in [0.25, 0.3) is 12.2 Å². The molecule has 0 spiro atoms. The molecule has 5 unspecified atom stereocenters. The zero-order valence-electron chi connectivity index (χ0n) is 17.8. The van der Waals surface area contributed by atoms with E-state index >= 15 is 0 Å². The molecule has 2 aromatic rings. The maximum absolute atomic E-state index is 12.1. The molecule has 10 heteroatoms. The number of rotatable bonds is 7. The molecule has 0 bridgehead atoms. The van der Waals surface area contributed by atoms with Crippen LogP contribution in [0.4, 0.5) is 0 Å². The van der Waals surface area contributed by atoms with Gasteiger partial charge in [0, 0.05) is 12.2 Å². The molecule has 0 saturated carbocycles. The molecular weight excluding hydrogens is 448 g/mol. The van der Waals surface area contributed by atoms with E-state index in [1.54, 1.807) is 24.3 Å². The molecule has 1 saturated heterocycles. The van der Waals surface area contributed by atoms with E-state index in [2.05, 4.69) is 0 Å². The van der Waals surface area contributed by atoms with Crippen LogP contribution in [-0.4, -0.2) is 74.8 Å². The summed E-state index contributed by atoms with van der Waals surface area (Å²) in [7, 11) is 0. The summed E-state index contributed by atoms with van der Waals surface area (Å²) in [6.45, 7) is -0.485. The number of benzene rings is 2. The van der Waals surface area contributed by atoms with Crippen LogP contribution in [0.1, 0.15) is 11.1 Å². The molecule has 34 heavy (non-hydrogen) atoms. The van der Waals surface area contributed by atoms with Crippen molar-refractivity contribution >= 4 is 24.1 Å². The lowest BCUT2D eigenvalue weighted by atomic mass is 9.99. The number of phenols is 2. The van der Waals surface area contributed by atoms with E-state index in [0.717, 1.165) is 12.2 Å². The number of carbonyl (C=O) groups is 2. The van der Waals surface area contributed by atoms with Crippen molar-refractivity contribution in [2.24, 2.45) is 0 Å². The van der Waals surface area contributed by atoms with Crippen molar-refractivity contribution in [3.8, 4) is 11.5 Å². The third-order valence-corrected chi connectivity index (χ3v) is 4.90. The van der Waals surface area contributed by atoms with E-state index in [1.165, 1.54) is 36.4 Å². The van der Waals surface area contributed by atoms with Crippen molar-refractivity contribution in [1.29, 1.82) is 0 Å². The average molecular weight is 472 g/mol. The van der Waals surface area contributed by atoms with Gasteiger partial charge in [0.15, 0.2) is 0 Å². The highest BCUT2D eigenvalue weighted by Gasteiger charge is 2.45. The Morgan fingerprint density at radius 1 is 0.765 bits per heavy atom. The second-order valence-corrected chi connectivity index (χ2v) is 7.43. The Morgan fingerprint density at radius 2 is 1.26 bits per heavy atom. The summed E-state index contributed by atoms with van der Waals surface area (Å²) in [5.41, 5.74) is 1.23. The topological polar surface area (TPSA) is 163 Å². The molecule has 10 nitrogen and oxygen atoms in total. The molecule has 0 aliphatic carbocycles. The van der Waals surface area contributed by atoms with E-state index in [1.807, 2.05) is 0 Å². The standard InChI is InChI=1S/C24H24O10/c25-16-7-1-14(2-8-16)5-11-19(27)32-13-18-21(29)22(30)23(31)24(33-18)34-20(28)12-6-15-3-9-17(26)10-4-15/h1-12,18,21-26,29-31H,13H2.